The van der Waals surface area contributed by atoms with E-state index in [0.717, 1.165) is 5.56 Å². The molecule has 0 aliphatic heterocycles. The third-order valence-electron chi connectivity index (χ3n) is 3.43. The van der Waals surface area contributed by atoms with Crippen molar-refractivity contribution in [2.75, 3.05) is 10.6 Å². The van der Waals surface area contributed by atoms with Crippen molar-refractivity contribution in [3.8, 4) is 0 Å². The Hall–Kier alpha value is -3.15. The van der Waals surface area contributed by atoms with Crippen LogP contribution < -0.4 is 10.6 Å². The van der Waals surface area contributed by atoms with Crippen LogP contribution in [0.1, 0.15) is 24.8 Å². The molecule has 3 N–H and O–H groups in total. The summed E-state index contributed by atoms with van der Waals surface area (Å²) in [5.74, 6) is -1.32. The lowest BCUT2D eigenvalue weighted by atomic mass is 10.1. The van der Waals surface area contributed by atoms with Crippen LogP contribution in [0.15, 0.2) is 54.6 Å². The summed E-state index contributed by atoms with van der Waals surface area (Å²) < 4.78 is 0. The lowest BCUT2D eigenvalue weighted by Gasteiger charge is -2.09. The van der Waals surface area contributed by atoms with Gasteiger partial charge in [0.2, 0.25) is 11.8 Å². The molecule has 0 unspecified atom stereocenters. The first-order valence-electron chi connectivity index (χ1n) is 7.98. The summed E-state index contributed by atoms with van der Waals surface area (Å²) in [5.41, 5.74) is 2.06. The molecule has 0 aliphatic rings. The lowest BCUT2D eigenvalue weighted by molar-refractivity contribution is -0.137. The Labute approximate surface area is 145 Å². The molecule has 25 heavy (non-hydrogen) atoms. The average Bonchev–Trinajstić information content (AvgIpc) is 2.55. The number of carboxylic acids is 1. The van der Waals surface area contributed by atoms with Crippen LogP contribution in [0, 0.1) is 0 Å². The molecule has 0 spiro atoms. The molecule has 0 bridgehead atoms. The van der Waals surface area contributed by atoms with E-state index >= 15 is 0 Å². The van der Waals surface area contributed by atoms with Crippen molar-refractivity contribution in [2.24, 2.45) is 0 Å². The highest BCUT2D eigenvalue weighted by Crippen LogP contribution is 2.16. The van der Waals surface area contributed by atoms with Crippen molar-refractivity contribution in [2.45, 2.75) is 25.7 Å². The molecule has 6 nitrogen and oxygen atoms in total. The standard InChI is InChI=1S/C19H20N2O4/c22-17(10-5-11-19(24)25)20-15-8-4-9-16(13-15)21-18(23)12-14-6-2-1-3-7-14/h1-4,6-9,13H,5,10-12H2,(H,20,22)(H,21,23)(H,24,25). The van der Waals surface area contributed by atoms with Crippen LogP contribution in [0.5, 0.6) is 0 Å². The van der Waals surface area contributed by atoms with Crippen LogP contribution in [-0.2, 0) is 20.8 Å². The van der Waals surface area contributed by atoms with E-state index in [2.05, 4.69) is 10.6 Å². The van der Waals surface area contributed by atoms with E-state index < -0.39 is 5.97 Å². The van der Waals surface area contributed by atoms with Crippen molar-refractivity contribution in [3.05, 3.63) is 60.2 Å². The number of benzene rings is 2. The van der Waals surface area contributed by atoms with Crippen molar-refractivity contribution in [1.29, 1.82) is 0 Å². The molecule has 6 heteroatoms. The first kappa shape index (κ1) is 18.2. The van der Waals surface area contributed by atoms with Crippen LogP contribution in [-0.4, -0.2) is 22.9 Å². The summed E-state index contributed by atoms with van der Waals surface area (Å²) in [6.45, 7) is 0. The summed E-state index contributed by atoms with van der Waals surface area (Å²) in [6, 6.07) is 16.3. The van der Waals surface area contributed by atoms with Gasteiger partial charge in [0, 0.05) is 24.2 Å². The summed E-state index contributed by atoms with van der Waals surface area (Å²) >= 11 is 0. The van der Waals surface area contributed by atoms with Gasteiger partial charge in [-0.3, -0.25) is 14.4 Å². The zero-order valence-corrected chi connectivity index (χ0v) is 13.7. The molecule has 0 saturated heterocycles. The predicted molar refractivity (Wildman–Crippen MR) is 95.3 cm³/mol. The van der Waals surface area contributed by atoms with Gasteiger partial charge >= 0.3 is 5.97 Å². The number of aliphatic carboxylic acids is 1. The van der Waals surface area contributed by atoms with Gasteiger partial charge in [-0.05, 0) is 30.2 Å². The molecular formula is C19H20N2O4. The third-order valence-corrected chi connectivity index (χ3v) is 3.43. The van der Waals surface area contributed by atoms with E-state index in [4.69, 9.17) is 5.11 Å². The molecule has 0 aromatic heterocycles. The third kappa shape index (κ3) is 6.87. The number of hydrogen-bond acceptors (Lipinski definition) is 3. The van der Waals surface area contributed by atoms with E-state index in [1.807, 2.05) is 30.3 Å². The molecule has 0 saturated carbocycles. The van der Waals surface area contributed by atoms with Gasteiger partial charge in [0.15, 0.2) is 0 Å². The molecule has 0 radical (unpaired) electrons. The monoisotopic (exact) mass is 340 g/mol. The Morgan fingerprint density at radius 2 is 1.44 bits per heavy atom. The Bertz CT molecular complexity index is 744. The van der Waals surface area contributed by atoms with Gasteiger partial charge in [-0.15, -0.1) is 0 Å². The van der Waals surface area contributed by atoms with E-state index in [-0.39, 0.29) is 37.5 Å². The molecule has 2 amide bonds. The quantitative estimate of drug-likeness (QED) is 0.688. The summed E-state index contributed by atoms with van der Waals surface area (Å²) in [4.78, 5) is 34.3. The van der Waals surface area contributed by atoms with Crippen LogP contribution in [0.4, 0.5) is 11.4 Å². The number of anilines is 2. The number of nitrogens with one attached hydrogen (secondary N) is 2. The molecule has 2 rings (SSSR count). The Kier molecular flexibility index (Phi) is 6.71. The van der Waals surface area contributed by atoms with Crippen molar-refractivity contribution in [1.82, 2.24) is 0 Å². The summed E-state index contributed by atoms with van der Waals surface area (Å²) in [5, 5.41) is 14.1. The topological polar surface area (TPSA) is 95.5 Å². The van der Waals surface area contributed by atoms with Crippen LogP contribution >= 0.6 is 0 Å². The van der Waals surface area contributed by atoms with Gasteiger partial charge in [0.25, 0.3) is 0 Å². The van der Waals surface area contributed by atoms with Gasteiger partial charge in [-0.1, -0.05) is 36.4 Å². The number of carbonyl (C=O) groups excluding carboxylic acids is 2. The van der Waals surface area contributed by atoms with Crippen LogP contribution in [0.3, 0.4) is 0 Å². The van der Waals surface area contributed by atoms with Gasteiger partial charge in [0.05, 0.1) is 6.42 Å². The highest BCUT2D eigenvalue weighted by atomic mass is 16.4. The van der Waals surface area contributed by atoms with E-state index in [9.17, 15) is 14.4 Å². The van der Waals surface area contributed by atoms with Crippen LogP contribution in [0.25, 0.3) is 0 Å². The van der Waals surface area contributed by atoms with E-state index in [1.54, 1.807) is 24.3 Å². The van der Waals surface area contributed by atoms with Crippen molar-refractivity contribution >= 4 is 29.2 Å². The number of carbonyl (C=O) groups is 3. The Morgan fingerprint density at radius 1 is 0.800 bits per heavy atom. The molecule has 130 valence electrons. The maximum absolute atomic E-state index is 12.1. The summed E-state index contributed by atoms with van der Waals surface area (Å²) in [6.07, 6.45) is 0.654. The number of rotatable bonds is 8. The number of amides is 2. The largest absolute Gasteiger partial charge is 0.481 e. The predicted octanol–water partition coefficient (Wildman–Crippen LogP) is 3.06. The highest BCUT2D eigenvalue weighted by Gasteiger charge is 2.07. The smallest absolute Gasteiger partial charge is 0.303 e. The van der Waals surface area contributed by atoms with Crippen molar-refractivity contribution < 1.29 is 19.5 Å². The normalized spacial score (nSPS) is 10.1. The molecule has 0 heterocycles. The fraction of sp³-hybridized carbons (Fsp3) is 0.211. The SMILES string of the molecule is O=C(O)CCCC(=O)Nc1cccc(NC(=O)Cc2ccccc2)c1. The van der Waals surface area contributed by atoms with E-state index in [0.29, 0.717) is 11.4 Å². The van der Waals surface area contributed by atoms with Gasteiger partial charge in [-0.25, -0.2) is 0 Å². The lowest BCUT2D eigenvalue weighted by Crippen LogP contribution is -2.15. The van der Waals surface area contributed by atoms with Gasteiger partial charge < -0.3 is 15.7 Å². The second-order valence-corrected chi connectivity index (χ2v) is 5.59. The zero-order chi connectivity index (χ0) is 18.1. The molecule has 0 aliphatic carbocycles. The maximum atomic E-state index is 12.1. The maximum Gasteiger partial charge on any atom is 0.303 e. The first-order valence-corrected chi connectivity index (χ1v) is 7.98. The fourth-order valence-electron chi connectivity index (χ4n) is 2.28. The first-order chi connectivity index (χ1) is 12.0. The zero-order valence-electron chi connectivity index (χ0n) is 13.7. The molecule has 0 atom stereocenters. The van der Waals surface area contributed by atoms with E-state index in [1.165, 1.54) is 0 Å². The summed E-state index contributed by atoms with van der Waals surface area (Å²) in [7, 11) is 0. The molecule has 2 aromatic carbocycles. The second-order valence-electron chi connectivity index (χ2n) is 5.59. The van der Waals surface area contributed by atoms with Gasteiger partial charge in [0.1, 0.15) is 0 Å². The Morgan fingerprint density at radius 3 is 2.08 bits per heavy atom. The molecule has 2 aromatic rings. The average molecular weight is 340 g/mol. The van der Waals surface area contributed by atoms with Gasteiger partial charge in [-0.2, -0.15) is 0 Å². The number of hydrogen-bond donors (Lipinski definition) is 3. The minimum Gasteiger partial charge on any atom is -0.481 e. The second kappa shape index (κ2) is 9.22. The van der Waals surface area contributed by atoms with Crippen LogP contribution in [0.2, 0.25) is 0 Å². The molecule has 0 fully saturated rings. The Balaban J connectivity index is 1.86. The molecular weight excluding hydrogens is 320 g/mol. The highest BCUT2D eigenvalue weighted by molar-refractivity contribution is 5.94. The number of carboxylic acid groups (broad SMARTS) is 1. The minimum atomic E-state index is -0.920. The fourth-order valence-corrected chi connectivity index (χ4v) is 2.28. The van der Waals surface area contributed by atoms with Crippen molar-refractivity contribution in [3.63, 3.8) is 0 Å². The minimum absolute atomic E-state index is 0.0387.